The molecule has 0 unspecified atom stereocenters. The van der Waals surface area contributed by atoms with Crippen molar-refractivity contribution in [1.29, 1.82) is 0 Å². The van der Waals surface area contributed by atoms with Gasteiger partial charge in [-0.2, -0.15) is 0 Å². The van der Waals surface area contributed by atoms with Crippen molar-refractivity contribution in [3.63, 3.8) is 0 Å². The summed E-state index contributed by atoms with van der Waals surface area (Å²) >= 11 is 0. The van der Waals surface area contributed by atoms with Crippen LogP contribution in [-0.2, 0) is 11.2 Å². The van der Waals surface area contributed by atoms with E-state index in [4.69, 9.17) is 4.42 Å². The van der Waals surface area contributed by atoms with E-state index in [0.29, 0.717) is 12.1 Å². The minimum Gasteiger partial charge on any atom is -0.459 e. The number of carbonyl (C=O) groups is 2. The maximum absolute atomic E-state index is 13.1. The lowest BCUT2D eigenvalue weighted by molar-refractivity contribution is -0.118. The summed E-state index contributed by atoms with van der Waals surface area (Å²) in [6.07, 6.45) is 4.22. The van der Waals surface area contributed by atoms with Gasteiger partial charge in [-0.25, -0.2) is 0 Å². The fraction of sp³-hybridized carbons (Fsp3) is 0.308. The van der Waals surface area contributed by atoms with E-state index in [1.807, 2.05) is 54.6 Å². The molecule has 0 bridgehead atoms. The van der Waals surface area contributed by atoms with Gasteiger partial charge < -0.3 is 20.0 Å². The van der Waals surface area contributed by atoms with E-state index in [2.05, 4.69) is 22.5 Å². The standard InChI is InChI=1S/C26H29N3O3/c1-19-13-15-29(16-14-19)22-11-9-21(10-12-22)27-25(30)23(18-20-6-3-2-4-7-20)28-26(31)24-8-5-17-32-24/h2-12,17,19,23H,13-16,18H2,1H3,(H,27,30)(H,28,31)/t23-/m1/s1. The van der Waals surface area contributed by atoms with E-state index < -0.39 is 11.9 Å². The van der Waals surface area contributed by atoms with Crippen LogP contribution >= 0.6 is 0 Å². The van der Waals surface area contributed by atoms with Crippen molar-refractivity contribution in [2.45, 2.75) is 32.2 Å². The first-order chi connectivity index (χ1) is 15.6. The Morgan fingerprint density at radius 2 is 1.72 bits per heavy atom. The van der Waals surface area contributed by atoms with Crippen LogP contribution in [0.1, 0.15) is 35.9 Å². The molecule has 0 spiro atoms. The first-order valence-electron chi connectivity index (χ1n) is 11.1. The number of nitrogens with one attached hydrogen (secondary N) is 2. The predicted molar refractivity (Wildman–Crippen MR) is 126 cm³/mol. The molecule has 0 radical (unpaired) electrons. The van der Waals surface area contributed by atoms with Crippen molar-refractivity contribution in [2.24, 2.45) is 5.92 Å². The van der Waals surface area contributed by atoms with E-state index in [1.54, 1.807) is 12.1 Å². The van der Waals surface area contributed by atoms with Gasteiger partial charge >= 0.3 is 0 Å². The van der Waals surface area contributed by atoms with Gasteiger partial charge in [0.25, 0.3) is 5.91 Å². The Balaban J connectivity index is 1.43. The Morgan fingerprint density at radius 1 is 1.00 bits per heavy atom. The van der Waals surface area contributed by atoms with Gasteiger partial charge in [-0.05, 0) is 60.7 Å². The van der Waals surface area contributed by atoms with Crippen molar-refractivity contribution >= 4 is 23.2 Å². The monoisotopic (exact) mass is 431 g/mol. The molecule has 0 aliphatic carbocycles. The van der Waals surface area contributed by atoms with E-state index in [1.165, 1.54) is 24.8 Å². The van der Waals surface area contributed by atoms with Crippen LogP contribution in [0.3, 0.4) is 0 Å². The van der Waals surface area contributed by atoms with Gasteiger partial charge in [0.15, 0.2) is 5.76 Å². The van der Waals surface area contributed by atoms with Crippen LogP contribution < -0.4 is 15.5 Å². The smallest absolute Gasteiger partial charge is 0.287 e. The Bertz CT molecular complexity index is 1010. The van der Waals surface area contributed by atoms with Gasteiger partial charge in [0, 0.05) is 30.9 Å². The average molecular weight is 432 g/mol. The molecule has 4 rings (SSSR count). The van der Waals surface area contributed by atoms with Crippen LogP contribution in [0, 0.1) is 5.92 Å². The lowest BCUT2D eigenvalue weighted by Gasteiger charge is -2.32. The third-order valence-electron chi connectivity index (χ3n) is 5.93. The number of furan rings is 1. The Morgan fingerprint density at radius 3 is 2.38 bits per heavy atom. The van der Waals surface area contributed by atoms with Crippen LogP contribution in [0.4, 0.5) is 11.4 Å². The molecule has 166 valence electrons. The molecular weight excluding hydrogens is 402 g/mol. The van der Waals surface area contributed by atoms with Crippen LogP contribution in [0.5, 0.6) is 0 Å². The van der Waals surface area contributed by atoms with Gasteiger partial charge in [0.1, 0.15) is 6.04 Å². The first kappa shape index (κ1) is 21.7. The highest BCUT2D eigenvalue weighted by atomic mass is 16.3. The zero-order valence-electron chi connectivity index (χ0n) is 18.3. The average Bonchev–Trinajstić information content (AvgIpc) is 3.36. The maximum atomic E-state index is 13.1. The summed E-state index contributed by atoms with van der Waals surface area (Å²) < 4.78 is 5.17. The lowest BCUT2D eigenvalue weighted by Crippen LogP contribution is -2.45. The van der Waals surface area contributed by atoms with Crippen LogP contribution in [0.25, 0.3) is 0 Å². The number of benzene rings is 2. The van der Waals surface area contributed by atoms with Crippen LogP contribution in [-0.4, -0.2) is 30.9 Å². The Hall–Kier alpha value is -3.54. The summed E-state index contributed by atoms with van der Waals surface area (Å²) in [6.45, 7) is 4.42. The molecule has 6 nitrogen and oxygen atoms in total. The highest BCUT2D eigenvalue weighted by Crippen LogP contribution is 2.24. The first-order valence-corrected chi connectivity index (χ1v) is 11.1. The molecule has 2 heterocycles. The van der Waals surface area contributed by atoms with E-state index in [0.717, 1.165) is 24.6 Å². The van der Waals surface area contributed by atoms with E-state index >= 15 is 0 Å². The number of piperidine rings is 1. The summed E-state index contributed by atoms with van der Waals surface area (Å²) in [5.74, 6) is 0.271. The highest BCUT2D eigenvalue weighted by molar-refractivity contribution is 6.00. The molecule has 2 amide bonds. The van der Waals surface area contributed by atoms with Crippen molar-refractivity contribution in [1.82, 2.24) is 5.32 Å². The molecule has 3 aromatic rings. The van der Waals surface area contributed by atoms with Gasteiger partial charge in [-0.1, -0.05) is 37.3 Å². The third kappa shape index (κ3) is 5.58. The number of nitrogens with zero attached hydrogens (tertiary/aromatic N) is 1. The third-order valence-corrected chi connectivity index (χ3v) is 5.93. The van der Waals surface area contributed by atoms with Crippen molar-refractivity contribution in [2.75, 3.05) is 23.3 Å². The Labute approximate surface area is 188 Å². The molecule has 1 saturated heterocycles. The summed E-state index contributed by atoms with van der Waals surface area (Å²) in [5, 5.41) is 5.75. The highest BCUT2D eigenvalue weighted by Gasteiger charge is 2.23. The van der Waals surface area contributed by atoms with Crippen LogP contribution in [0.2, 0.25) is 0 Å². The Kier molecular flexibility index (Phi) is 6.90. The molecule has 2 aromatic carbocycles. The molecule has 6 heteroatoms. The fourth-order valence-corrected chi connectivity index (χ4v) is 3.95. The number of anilines is 2. The number of hydrogen-bond donors (Lipinski definition) is 2. The summed E-state index contributed by atoms with van der Waals surface area (Å²) in [5.41, 5.74) is 2.83. The molecule has 1 atom stereocenters. The zero-order valence-corrected chi connectivity index (χ0v) is 18.3. The quantitative estimate of drug-likeness (QED) is 0.578. The molecule has 32 heavy (non-hydrogen) atoms. The topological polar surface area (TPSA) is 74.6 Å². The van der Waals surface area contributed by atoms with Gasteiger partial charge in [0.2, 0.25) is 5.91 Å². The molecule has 1 aliphatic rings. The minimum atomic E-state index is -0.738. The predicted octanol–water partition coefficient (Wildman–Crippen LogP) is 4.50. The molecular formula is C26H29N3O3. The van der Waals surface area contributed by atoms with Gasteiger partial charge in [-0.15, -0.1) is 0 Å². The SMILES string of the molecule is CC1CCN(c2ccc(NC(=O)[C@@H](Cc3ccccc3)NC(=O)c3ccco3)cc2)CC1. The molecule has 1 aliphatic heterocycles. The van der Waals surface area contributed by atoms with Gasteiger partial charge in [-0.3, -0.25) is 9.59 Å². The maximum Gasteiger partial charge on any atom is 0.287 e. The number of rotatable bonds is 7. The largest absolute Gasteiger partial charge is 0.459 e. The lowest BCUT2D eigenvalue weighted by atomic mass is 9.99. The molecule has 1 aromatic heterocycles. The zero-order chi connectivity index (χ0) is 22.3. The number of carbonyl (C=O) groups excluding carboxylic acids is 2. The molecule has 0 saturated carbocycles. The number of hydrogen-bond acceptors (Lipinski definition) is 4. The normalized spacial score (nSPS) is 15.2. The number of amides is 2. The molecule has 1 fully saturated rings. The van der Waals surface area contributed by atoms with Crippen molar-refractivity contribution in [3.05, 3.63) is 84.3 Å². The second-order valence-corrected chi connectivity index (χ2v) is 8.40. The summed E-state index contributed by atoms with van der Waals surface area (Å²) in [4.78, 5) is 28.0. The molecule has 2 N–H and O–H groups in total. The second-order valence-electron chi connectivity index (χ2n) is 8.40. The van der Waals surface area contributed by atoms with E-state index in [-0.39, 0.29) is 11.7 Å². The fourth-order valence-electron chi connectivity index (χ4n) is 3.95. The second kappa shape index (κ2) is 10.2. The van der Waals surface area contributed by atoms with Crippen molar-refractivity contribution < 1.29 is 14.0 Å². The van der Waals surface area contributed by atoms with E-state index in [9.17, 15) is 9.59 Å². The summed E-state index contributed by atoms with van der Waals surface area (Å²) in [7, 11) is 0. The summed E-state index contributed by atoms with van der Waals surface area (Å²) in [6, 6.07) is 20.0. The van der Waals surface area contributed by atoms with Gasteiger partial charge in [0.05, 0.1) is 6.26 Å². The van der Waals surface area contributed by atoms with Crippen LogP contribution in [0.15, 0.2) is 77.4 Å². The minimum absolute atomic E-state index is 0.177. The van der Waals surface area contributed by atoms with Crippen molar-refractivity contribution in [3.8, 4) is 0 Å².